The lowest BCUT2D eigenvalue weighted by Crippen LogP contribution is -2.38. The number of hydrogen-bond donors (Lipinski definition) is 3. The standard InChI is InChI=1S/C25H28FN5O3/c1-16(27-2)24(33)29-22-14-30(19-12-10-18(26)11-13-19)31(25(22)34)15-23(32)28-21-9-5-7-17-6-3-4-8-20(17)21/h3-4,6,8,10-14,16,21,27H,5,7,9,15H2,1-2H3,(H,28,32)(H,29,33)/t16-,21+/m0/s1. The number of nitrogens with zero attached hydrogens (tertiary/aromatic N) is 2. The molecule has 3 N–H and O–H groups in total. The molecule has 0 aliphatic heterocycles. The Kier molecular flexibility index (Phi) is 6.93. The molecule has 0 fully saturated rings. The Labute approximate surface area is 196 Å². The summed E-state index contributed by atoms with van der Waals surface area (Å²) in [6.07, 6.45) is 4.20. The lowest BCUT2D eigenvalue weighted by Gasteiger charge is -2.26. The molecule has 0 saturated heterocycles. The van der Waals surface area contributed by atoms with E-state index in [1.165, 1.54) is 45.4 Å². The predicted molar refractivity (Wildman–Crippen MR) is 127 cm³/mol. The predicted octanol–water partition coefficient (Wildman–Crippen LogP) is 2.52. The third-order valence-corrected chi connectivity index (χ3v) is 6.15. The van der Waals surface area contributed by atoms with Crippen molar-refractivity contribution in [3.8, 4) is 5.69 Å². The van der Waals surface area contributed by atoms with Crippen molar-refractivity contribution in [2.24, 2.45) is 0 Å². The van der Waals surface area contributed by atoms with Crippen LogP contribution in [0.2, 0.25) is 0 Å². The van der Waals surface area contributed by atoms with Gasteiger partial charge in [-0.3, -0.25) is 19.1 Å². The second-order valence-corrected chi connectivity index (χ2v) is 8.44. The number of aryl methyl sites for hydroxylation is 1. The van der Waals surface area contributed by atoms with Crippen LogP contribution in [0, 0.1) is 5.82 Å². The highest BCUT2D eigenvalue weighted by atomic mass is 19.1. The van der Waals surface area contributed by atoms with Crippen LogP contribution in [-0.2, 0) is 22.6 Å². The number of fused-ring (bicyclic) bond motifs is 1. The lowest BCUT2D eigenvalue weighted by atomic mass is 9.88. The van der Waals surface area contributed by atoms with Crippen LogP contribution in [0.3, 0.4) is 0 Å². The summed E-state index contributed by atoms with van der Waals surface area (Å²) in [4.78, 5) is 38.5. The summed E-state index contributed by atoms with van der Waals surface area (Å²) in [5.74, 6) is -1.13. The number of carbonyl (C=O) groups excluding carboxylic acids is 2. The molecule has 1 heterocycles. The van der Waals surface area contributed by atoms with Gasteiger partial charge in [0, 0.05) is 0 Å². The number of hydrogen-bond acceptors (Lipinski definition) is 4. The molecule has 0 radical (unpaired) electrons. The molecule has 2 atom stereocenters. The summed E-state index contributed by atoms with van der Waals surface area (Å²) in [5.41, 5.74) is 2.30. The van der Waals surface area contributed by atoms with Crippen LogP contribution in [0.4, 0.5) is 10.1 Å². The normalized spacial score (nSPS) is 15.9. The molecular formula is C25H28FN5O3. The SMILES string of the molecule is CN[C@@H](C)C(=O)Nc1cn(-c2ccc(F)cc2)n(CC(=O)N[C@@H]2CCCc3ccccc32)c1=O. The maximum atomic E-state index is 13.5. The van der Waals surface area contributed by atoms with E-state index in [1.54, 1.807) is 14.0 Å². The molecule has 2 amide bonds. The minimum Gasteiger partial charge on any atom is -0.348 e. The van der Waals surface area contributed by atoms with Gasteiger partial charge in [-0.1, -0.05) is 24.3 Å². The van der Waals surface area contributed by atoms with E-state index in [4.69, 9.17) is 0 Å². The average Bonchev–Trinajstić information content (AvgIpc) is 3.14. The van der Waals surface area contributed by atoms with Crippen LogP contribution in [0.15, 0.2) is 59.5 Å². The molecule has 0 unspecified atom stereocenters. The Morgan fingerprint density at radius 1 is 1.15 bits per heavy atom. The van der Waals surface area contributed by atoms with Crippen LogP contribution < -0.4 is 21.5 Å². The first-order valence-electron chi connectivity index (χ1n) is 11.3. The smallest absolute Gasteiger partial charge is 0.291 e. The molecule has 1 aromatic heterocycles. The molecular weight excluding hydrogens is 437 g/mol. The fourth-order valence-electron chi connectivity index (χ4n) is 4.18. The monoisotopic (exact) mass is 465 g/mol. The zero-order valence-corrected chi connectivity index (χ0v) is 19.2. The van der Waals surface area contributed by atoms with Crippen molar-refractivity contribution in [1.29, 1.82) is 0 Å². The van der Waals surface area contributed by atoms with Gasteiger partial charge in [-0.15, -0.1) is 0 Å². The van der Waals surface area contributed by atoms with Gasteiger partial charge in [-0.05, 0) is 68.6 Å². The molecule has 1 aliphatic carbocycles. The highest BCUT2D eigenvalue weighted by Gasteiger charge is 2.23. The molecule has 2 aromatic carbocycles. The Morgan fingerprint density at radius 2 is 1.88 bits per heavy atom. The van der Waals surface area contributed by atoms with E-state index < -0.39 is 17.4 Å². The Balaban J connectivity index is 1.62. The summed E-state index contributed by atoms with van der Waals surface area (Å²) in [6, 6.07) is 12.9. The summed E-state index contributed by atoms with van der Waals surface area (Å²) >= 11 is 0. The maximum Gasteiger partial charge on any atom is 0.291 e. The van der Waals surface area contributed by atoms with Crippen molar-refractivity contribution >= 4 is 17.5 Å². The first-order valence-corrected chi connectivity index (χ1v) is 11.3. The number of benzene rings is 2. The summed E-state index contributed by atoms with van der Waals surface area (Å²) < 4.78 is 16.2. The second-order valence-electron chi connectivity index (χ2n) is 8.44. The zero-order chi connectivity index (χ0) is 24.2. The van der Waals surface area contributed by atoms with Gasteiger partial charge < -0.3 is 16.0 Å². The number of rotatable bonds is 7. The number of anilines is 1. The quantitative estimate of drug-likeness (QED) is 0.500. The number of amides is 2. The Hall–Kier alpha value is -3.72. The third kappa shape index (κ3) is 4.94. The first kappa shape index (κ1) is 23.4. The van der Waals surface area contributed by atoms with E-state index >= 15 is 0 Å². The van der Waals surface area contributed by atoms with Gasteiger partial charge in [0.15, 0.2) is 0 Å². The highest BCUT2D eigenvalue weighted by molar-refractivity contribution is 5.94. The van der Waals surface area contributed by atoms with E-state index in [0.717, 1.165) is 24.8 Å². The number of carbonyl (C=O) groups is 2. The van der Waals surface area contributed by atoms with Crippen molar-refractivity contribution in [3.05, 3.63) is 82.0 Å². The van der Waals surface area contributed by atoms with Crippen LogP contribution >= 0.6 is 0 Å². The highest BCUT2D eigenvalue weighted by Crippen LogP contribution is 2.29. The molecule has 3 aromatic rings. The van der Waals surface area contributed by atoms with Gasteiger partial charge in [0.1, 0.15) is 18.0 Å². The van der Waals surface area contributed by atoms with E-state index in [9.17, 15) is 18.8 Å². The molecule has 0 bridgehead atoms. The third-order valence-electron chi connectivity index (χ3n) is 6.15. The van der Waals surface area contributed by atoms with Crippen LogP contribution in [0.5, 0.6) is 0 Å². The molecule has 4 rings (SSSR count). The van der Waals surface area contributed by atoms with Crippen LogP contribution in [0.25, 0.3) is 5.69 Å². The number of likely N-dealkylation sites (N-methyl/N-ethyl adjacent to an activating group) is 1. The van der Waals surface area contributed by atoms with E-state index in [2.05, 4.69) is 22.0 Å². The minimum atomic E-state index is -0.528. The van der Waals surface area contributed by atoms with Gasteiger partial charge in [-0.25, -0.2) is 9.07 Å². The maximum absolute atomic E-state index is 13.5. The molecule has 0 spiro atoms. The first-order chi connectivity index (χ1) is 16.4. The van der Waals surface area contributed by atoms with Crippen molar-refractivity contribution in [2.75, 3.05) is 12.4 Å². The van der Waals surface area contributed by atoms with Gasteiger partial charge in [-0.2, -0.15) is 0 Å². The lowest BCUT2D eigenvalue weighted by molar-refractivity contribution is -0.123. The largest absolute Gasteiger partial charge is 0.348 e. The van der Waals surface area contributed by atoms with Crippen molar-refractivity contribution in [1.82, 2.24) is 20.0 Å². The minimum absolute atomic E-state index is 0.0345. The van der Waals surface area contributed by atoms with Gasteiger partial charge in [0.25, 0.3) is 5.56 Å². The summed E-state index contributed by atoms with van der Waals surface area (Å²) in [7, 11) is 1.64. The fraction of sp³-hybridized carbons (Fsp3) is 0.320. The Bertz CT molecular complexity index is 1250. The van der Waals surface area contributed by atoms with Gasteiger partial charge >= 0.3 is 0 Å². The van der Waals surface area contributed by atoms with E-state index in [1.807, 2.05) is 18.2 Å². The number of halogens is 1. The van der Waals surface area contributed by atoms with Crippen LogP contribution in [-0.4, -0.2) is 34.3 Å². The fourth-order valence-corrected chi connectivity index (χ4v) is 4.18. The number of aromatic nitrogens is 2. The second kappa shape index (κ2) is 10.0. The topological polar surface area (TPSA) is 97.2 Å². The van der Waals surface area contributed by atoms with Crippen molar-refractivity contribution in [2.45, 2.75) is 44.8 Å². The van der Waals surface area contributed by atoms with Crippen molar-refractivity contribution in [3.63, 3.8) is 0 Å². The van der Waals surface area contributed by atoms with Gasteiger partial charge in [0.05, 0.1) is 24.0 Å². The molecule has 8 nitrogen and oxygen atoms in total. The molecule has 9 heteroatoms. The number of nitrogens with one attached hydrogen (secondary N) is 3. The van der Waals surface area contributed by atoms with Gasteiger partial charge in [0.2, 0.25) is 11.8 Å². The molecule has 34 heavy (non-hydrogen) atoms. The zero-order valence-electron chi connectivity index (χ0n) is 19.2. The average molecular weight is 466 g/mol. The van der Waals surface area contributed by atoms with Crippen LogP contribution in [0.1, 0.15) is 36.9 Å². The van der Waals surface area contributed by atoms with Crippen molar-refractivity contribution < 1.29 is 14.0 Å². The molecule has 178 valence electrons. The Morgan fingerprint density at radius 3 is 2.62 bits per heavy atom. The van der Waals surface area contributed by atoms with E-state index in [0.29, 0.717) is 5.69 Å². The van der Waals surface area contributed by atoms with E-state index in [-0.39, 0.29) is 30.1 Å². The summed E-state index contributed by atoms with van der Waals surface area (Å²) in [5, 5.41) is 8.47. The molecule has 0 saturated carbocycles. The summed E-state index contributed by atoms with van der Waals surface area (Å²) in [6.45, 7) is 1.41. The molecule has 1 aliphatic rings.